The largest absolute Gasteiger partial charge is 0.443 e. The number of carbonyl (C=O) groups excluding carboxylic acids is 4. The van der Waals surface area contributed by atoms with Crippen molar-refractivity contribution < 1.29 is 23.9 Å². The molecule has 2 aromatic heterocycles. The molecule has 0 bridgehead atoms. The minimum absolute atomic E-state index is 0.0781. The van der Waals surface area contributed by atoms with Crippen molar-refractivity contribution in [3.05, 3.63) is 53.5 Å². The molecule has 1 N–H and O–H groups in total. The Labute approximate surface area is 161 Å². The summed E-state index contributed by atoms with van der Waals surface area (Å²) in [5, 5.41) is 2.34. The zero-order chi connectivity index (χ0) is 20.6. The van der Waals surface area contributed by atoms with E-state index in [0.717, 1.165) is 6.08 Å². The van der Waals surface area contributed by atoms with Gasteiger partial charge in [-0.05, 0) is 45.0 Å². The van der Waals surface area contributed by atoms with Crippen LogP contribution >= 0.6 is 0 Å². The zero-order valence-electron chi connectivity index (χ0n) is 15.9. The second-order valence-electron chi connectivity index (χ2n) is 7.27. The van der Waals surface area contributed by atoms with E-state index in [4.69, 9.17) is 4.74 Å². The van der Waals surface area contributed by atoms with E-state index in [1.807, 2.05) is 0 Å². The van der Waals surface area contributed by atoms with Crippen molar-refractivity contribution in [3.8, 4) is 11.4 Å². The SMILES string of the molecule is CC(=O)NC1=CC(=O)c2ccc(-c3cccn3C(=O)OC(C)(C)C)nc2C1=O. The van der Waals surface area contributed by atoms with Crippen LogP contribution in [0.5, 0.6) is 0 Å². The maximum atomic E-state index is 12.6. The molecule has 0 spiro atoms. The number of carbonyl (C=O) groups is 4. The Morgan fingerprint density at radius 2 is 1.86 bits per heavy atom. The first-order chi connectivity index (χ1) is 13.1. The van der Waals surface area contributed by atoms with Crippen LogP contribution in [0.25, 0.3) is 11.4 Å². The van der Waals surface area contributed by atoms with Crippen molar-refractivity contribution in [3.63, 3.8) is 0 Å². The van der Waals surface area contributed by atoms with Gasteiger partial charge in [-0.25, -0.2) is 9.78 Å². The number of Topliss-reactive ketones (excluding diaryl/α,β-unsaturated/α-hetero) is 1. The lowest BCUT2D eigenvalue weighted by Crippen LogP contribution is -2.30. The quantitative estimate of drug-likeness (QED) is 0.857. The highest BCUT2D eigenvalue weighted by Gasteiger charge is 2.29. The second kappa shape index (κ2) is 6.88. The monoisotopic (exact) mass is 381 g/mol. The van der Waals surface area contributed by atoms with Gasteiger partial charge in [0.2, 0.25) is 11.7 Å². The smallest absolute Gasteiger partial charge is 0.419 e. The molecule has 1 aliphatic carbocycles. The summed E-state index contributed by atoms with van der Waals surface area (Å²) in [4.78, 5) is 52.9. The molecule has 2 aromatic rings. The molecule has 0 radical (unpaired) electrons. The molecular weight excluding hydrogens is 362 g/mol. The zero-order valence-corrected chi connectivity index (χ0v) is 15.9. The van der Waals surface area contributed by atoms with Crippen molar-refractivity contribution in [2.45, 2.75) is 33.3 Å². The topological polar surface area (TPSA) is 107 Å². The van der Waals surface area contributed by atoms with Gasteiger partial charge in [-0.1, -0.05) is 0 Å². The Kier molecular flexibility index (Phi) is 4.72. The van der Waals surface area contributed by atoms with Crippen LogP contribution in [0.2, 0.25) is 0 Å². The average Bonchev–Trinajstić information content (AvgIpc) is 3.07. The number of aromatic nitrogens is 2. The Bertz CT molecular complexity index is 1040. The van der Waals surface area contributed by atoms with Crippen molar-refractivity contribution in [1.29, 1.82) is 0 Å². The van der Waals surface area contributed by atoms with Gasteiger partial charge < -0.3 is 10.1 Å². The summed E-state index contributed by atoms with van der Waals surface area (Å²) in [5.41, 5.74) is -0.0173. The molecule has 1 aliphatic rings. The van der Waals surface area contributed by atoms with Crippen molar-refractivity contribution in [1.82, 2.24) is 14.9 Å². The lowest BCUT2D eigenvalue weighted by Gasteiger charge is -2.20. The standard InChI is InChI=1S/C20H19N3O5/c1-11(24)21-14-10-16(25)12-7-8-13(22-17(12)18(14)26)15-6-5-9-23(15)19(27)28-20(2,3)4/h5-10H,1-4H3,(H,21,24). The van der Waals surface area contributed by atoms with Crippen LogP contribution < -0.4 is 5.32 Å². The molecule has 0 saturated heterocycles. The van der Waals surface area contributed by atoms with Crippen LogP contribution in [0.3, 0.4) is 0 Å². The van der Waals surface area contributed by atoms with Crippen LogP contribution in [-0.2, 0) is 9.53 Å². The Morgan fingerprint density at radius 3 is 2.50 bits per heavy atom. The molecule has 0 fully saturated rings. The van der Waals surface area contributed by atoms with E-state index in [1.54, 1.807) is 39.0 Å². The lowest BCUT2D eigenvalue weighted by atomic mass is 9.96. The first-order valence-corrected chi connectivity index (χ1v) is 8.57. The molecular formula is C20H19N3O5. The molecule has 8 nitrogen and oxygen atoms in total. The first-order valence-electron chi connectivity index (χ1n) is 8.57. The van der Waals surface area contributed by atoms with Crippen LogP contribution in [0, 0.1) is 0 Å². The summed E-state index contributed by atoms with van der Waals surface area (Å²) in [5.74, 6) is -1.47. The Balaban J connectivity index is 2.01. The van der Waals surface area contributed by atoms with Gasteiger partial charge in [-0.15, -0.1) is 0 Å². The molecule has 2 heterocycles. The number of fused-ring (bicyclic) bond motifs is 1. The summed E-state index contributed by atoms with van der Waals surface area (Å²) in [6, 6.07) is 6.33. The molecule has 0 saturated carbocycles. The molecule has 8 heteroatoms. The van der Waals surface area contributed by atoms with Crippen molar-refractivity contribution in [2.24, 2.45) is 0 Å². The van der Waals surface area contributed by atoms with Crippen molar-refractivity contribution >= 4 is 23.6 Å². The van der Waals surface area contributed by atoms with E-state index >= 15 is 0 Å². The number of allylic oxidation sites excluding steroid dienone is 2. The number of nitrogens with one attached hydrogen (secondary N) is 1. The van der Waals surface area contributed by atoms with Crippen LogP contribution in [-0.4, -0.2) is 38.7 Å². The summed E-state index contributed by atoms with van der Waals surface area (Å²) < 4.78 is 6.65. The fourth-order valence-electron chi connectivity index (χ4n) is 2.72. The maximum Gasteiger partial charge on any atom is 0.419 e. The summed E-state index contributed by atoms with van der Waals surface area (Å²) in [6.45, 7) is 6.51. The third-order valence-electron chi connectivity index (χ3n) is 3.81. The highest BCUT2D eigenvalue weighted by molar-refractivity contribution is 6.24. The highest BCUT2D eigenvalue weighted by atomic mass is 16.6. The molecule has 144 valence electrons. The van der Waals surface area contributed by atoms with Gasteiger partial charge in [-0.2, -0.15) is 0 Å². The summed E-state index contributed by atoms with van der Waals surface area (Å²) in [7, 11) is 0. The molecule has 0 aliphatic heterocycles. The second-order valence-corrected chi connectivity index (χ2v) is 7.27. The summed E-state index contributed by atoms with van der Waals surface area (Å²) >= 11 is 0. The third kappa shape index (κ3) is 3.75. The van der Waals surface area contributed by atoms with Gasteiger partial charge in [0, 0.05) is 19.2 Å². The molecule has 28 heavy (non-hydrogen) atoms. The van der Waals surface area contributed by atoms with Gasteiger partial charge >= 0.3 is 6.09 Å². The number of hydrogen-bond donors (Lipinski definition) is 1. The number of rotatable bonds is 2. The Hall–Kier alpha value is -3.55. The summed E-state index contributed by atoms with van der Waals surface area (Å²) in [6.07, 6.45) is 2.02. The lowest BCUT2D eigenvalue weighted by molar-refractivity contribution is -0.118. The number of nitrogens with zero attached hydrogens (tertiary/aromatic N) is 2. The fraction of sp³-hybridized carbons (Fsp3) is 0.250. The molecule has 0 aromatic carbocycles. The van der Waals surface area contributed by atoms with E-state index in [1.165, 1.54) is 23.8 Å². The normalized spacial score (nSPS) is 13.6. The number of ketones is 2. The molecule has 0 atom stereocenters. The minimum Gasteiger partial charge on any atom is -0.443 e. The first kappa shape index (κ1) is 19.2. The van der Waals surface area contributed by atoms with E-state index in [0.29, 0.717) is 11.4 Å². The number of pyridine rings is 1. The van der Waals surface area contributed by atoms with E-state index in [9.17, 15) is 19.2 Å². The van der Waals surface area contributed by atoms with Gasteiger partial charge in [-0.3, -0.25) is 19.0 Å². The molecule has 1 amide bonds. The fourth-order valence-corrected chi connectivity index (χ4v) is 2.72. The van der Waals surface area contributed by atoms with E-state index in [-0.39, 0.29) is 17.0 Å². The average molecular weight is 381 g/mol. The Morgan fingerprint density at radius 1 is 1.14 bits per heavy atom. The minimum atomic E-state index is -0.678. The number of ether oxygens (including phenoxy) is 1. The maximum absolute atomic E-state index is 12.6. The third-order valence-corrected chi connectivity index (χ3v) is 3.81. The van der Waals surface area contributed by atoms with Gasteiger partial charge in [0.05, 0.1) is 22.6 Å². The van der Waals surface area contributed by atoms with Gasteiger partial charge in [0.25, 0.3) is 0 Å². The highest BCUT2D eigenvalue weighted by Crippen LogP contribution is 2.25. The van der Waals surface area contributed by atoms with E-state index < -0.39 is 29.2 Å². The van der Waals surface area contributed by atoms with E-state index in [2.05, 4.69) is 10.3 Å². The van der Waals surface area contributed by atoms with Gasteiger partial charge in [0.15, 0.2) is 5.78 Å². The predicted octanol–water partition coefficient (Wildman–Crippen LogP) is 2.73. The molecule has 0 unspecified atom stereocenters. The molecule has 3 rings (SSSR count). The van der Waals surface area contributed by atoms with Gasteiger partial charge in [0.1, 0.15) is 11.3 Å². The van der Waals surface area contributed by atoms with Crippen molar-refractivity contribution in [2.75, 3.05) is 0 Å². The van der Waals surface area contributed by atoms with Crippen LogP contribution in [0.1, 0.15) is 48.5 Å². The number of amides is 1. The number of hydrogen-bond acceptors (Lipinski definition) is 6. The van der Waals surface area contributed by atoms with Crippen LogP contribution in [0.4, 0.5) is 4.79 Å². The predicted molar refractivity (Wildman–Crippen MR) is 99.9 cm³/mol. The van der Waals surface area contributed by atoms with Crippen LogP contribution in [0.15, 0.2) is 42.2 Å².